The van der Waals surface area contributed by atoms with Crippen molar-refractivity contribution >= 4 is 6.47 Å². The highest BCUT2D eigenvalue weighted by Gasteiger charge is 2.60. The van der Waals surface area contributed by atoms with E-state index >= 15 is 0 Å². The number of epoxide rings is 2. The van der Waals surface area contributed by atoms with Crippen molar-refractivity contribution in [2.75, 3.05) is 0 Å². The van der Waals surface area contributed by atoms with E-state index in [4.69, 9.17) is 14.2 Å². The van der Waals surface area contributed by atoms with Crippen LogP contribution >= 0.6 is 0 Å². The molecule has 2 saturated heterocycles. The highest BCUT2D eigenvalue weighted by Crippen LogP contribution is 2.47. The van der Waals surface area contributed by atoms with E-state index in [2.05, 4.69) is 6.92 Å². The maximum absolute atomic E-state index is 10.2. The molecule has 5 heteroatoms. The summed E-state index contributed by atoms with van der Waals surface area (Å²) >= 11 is 0. The average Bonchev–Trinajstić information content (AvgIpc) is 3.18. The fourth-order valence-electron chi connectivity index (χ4n) is 2.81. The van der Waals surface area contributed by atoms with Gasteiger partial charge in [-0.25, -0.2) is 0 Å². The average molecular weight is 256 g/mol. The van der Waals surface area contributed by atoms with E-state index in [1.54, 1.807) is 0 Å². The maximum atomic E-state index is 10.2. The smallest absolute Gasteiger partial charge is 0.293 e. The second-order valence-electron chi connectivity index (χ2n) is 5.56. The summed E-state index contributed by atoms with van der Waals surface area (Å²) in [6.07, 6.45) is 3.86. The summed E-state index contributed by atoms with van der Waals surface area (Å²) < 4.78 is 16.0. The standard InChI is InChI=1S/C13H20O5/c1-2-3-8(15)11-13(18-11)12-10(17-12)5-7-4-9(7)16-6-14/h6-13,15H,2-5H2,1H3. The van der Waals surface area contributed by atoms with Gasteiger partial charge in [-0.3, -0.25) is 4.79 Å². The first-order valence-electron chi connectivity index (χ1n) is 6.82. The molecule has 0 radical (unpaired) electrons. The van der Waals surface area contributed by atoms with Crippen LogP contribution in [0, 0.1) is 5.92 Å². The Bertz CT molecular complexity index is 321. The SMILES string of the molecule is CCCC(O)C1OC1C1OC1CC1CC1OC=O. The number of aliphatic hydroxyl groups is 1. The van der Waals surface area contributed by atoms with Crippen LogP contribution in [0.15, 0.2) is 0 Å². The van der Waals surface area contributed by atoms with Gasteiger partial charge in [0.05, 0.1) is 12.2 Å². The Morgan fingerprint density at radius 2 is 2.28 bits per heavy atom. The molecule has 2 aliphatic heterocycles. The van der Waals surface area contributed by atoms with E-state index in [0.29, 0.717) is 12.4 Å². The van der Waals surface area contributed by atoms with Crippen LogP contribution in [0.3, 0.4) is 0 Å². The molecule has 0 aromatic rings. The number of hydrogen-bond acceptors (Lipinski definition) is 5. The molecule has 0 spiro atoms. The molecular weight excluding hydrogens is 236 g/mol. The van der Waals surface area contributed by atoms with Gasteiger partial charge in [0.2, 0.25) is 0 Å². The zero-order valence-corrected chi connectivity index (χ0v) is 10.5. The first-order chi connectivity index (χ1) is 8.74. The number of rotatable bonds is 8. The van der Waals surface area contributed by atoms with Gasteiger partial charge >= 0.3 is 0 Å². The van der Waals surface area contributed by atoms with Crippen molar-refractivity contribution in [2.45, 2.75) is 69.2 Å². The third-order valence-corrected chi connectivity index (χ3v) is 4.09. The Balaban J connectivity index is 1.35. The van der Waals surface area contributed by atoms with Gasteiger partial charge in [0.15, 0.2) is 0 Å². The van der Waals surface area contributed by atoms with Crippen molar-refractivity contribution in [2.24, 2.45) is 5.92 Å². The highest BCUT2D eigenvalue weighted by atomic mass is 16.7. The van der Waals surface area contributed by atoms with Gasteiger partial charge in [-0.1, -0.05) is 13.3 Å². The van der Waals surface area contributed by atoms with Crippen LogP contribution in [-0.4, -0.2) is 48.2 Å². The van der Waals surface area contributed by atoms with E-state index in [9.17, 15) is 9.90 Å². The second-order valence-corrected chi connectivity index (χ2v) is 5.56. The van der Waals surface area contributed by atoms with E-state index in [1.807, 2.05) is 0 Å². The zero-order chi connectivity index (χ0) is 12.7. The Morgan fingerprint density at radius 3 is 3.00 bits per heavy atom. The molecule has 3 fully saturated rings. The molecule has 5 nitrogen and oxygen atoms in total. The predicted octanol–water partition coefficient (Wildman–Crippen LogP) is 0.634. The summed E-state index contributed by atoms with van der Waals surface area (Å²) in [5, 5.41) is 9.79. The zero-order valence-electron chi connectivity index (χ0n) is 10.5. The Kier molecular flexibility index (Phi) is 3.30. The number of aliphatic hydroxyl groups excluding tert-OH is 1. The topological polar surface area (TPSA) is 71.6 Å². The van der Waals surface area contributed by atoms with Gasteiger partial charge in [-0.2, -0.15) is 0 Å². The molecule has 7 unspecified atom stereocenters. The molecule has 0 aromatic heterocycles. The highest BCUT2D eigenvalue weighted by molar-refractivity contribution is 5.38. The van der Waals surface area contributed by atoms with Crippen molar-refractivity contribution < 1.29 is 24.1 Å². The van der Waals surface area contributed by atoms with Crippen molar-refractivity contribution in [1.82, 2.24) is 0 Å². The third-order valence-electron chi connectivity index (χ3n) is 4.09. The third kappa shape index (κ3) is 2.53. The summed E-state index contributed by atoms with van der Waals surface area (Å²) in [7, 11) is 0. The van der Waals surface area contributed by atoms with Crippen LogP contribution in [0.1, 0.15) is 32.6 Å². The first kappa shape index (κ1) is 12.4. The molecular formula is C13H20O5. The summed E-state index contributed by atoms with van der Waals surface area (Å²) in [6.45, 7) is 2.58. The Labute approximate surface area is 106 Å². The number of ether oxygens (including phenoxy) is 3. The van der Waals surface area contributed by atoms with E-state index in [1.165, 1.54) is 0 Å². The fourth-order valence-corrected chi connectivity index (χ4v) is 2.81. The van der Waals surface area contributed by atoms with Gasteiger partial charge in [-0.05, 0) is 19.3 Å². The second kappa shape index (κ2) is 4.79. The minimum atomic E-state index is -0.350. The lowest BCUT2D eigenvalue weighted by atomic mass is 10.0. The van der Waals surface area contributed by atoms with Gasteiger partial charge in [0.25, 0.3) is 6.47 Å². The van der Waals surface area contributed by atoms with Gasteiger partial charge in [0.1, 0.15) is 24.4 Å². The minimum absolute atomic E-state index is 0.0267. The van der Waals surface area contributed by atoms with Crippen molar-refractivity contribution in [1.29, 1.82) is 0 Å². The van der Waals surface area contributed by atoms with E-state index in [0.717, 1.165) is 25.7 Å². The molecule has 3 rings (SSSR count). The van der Waals surface area contributed by atoms with Crippen LogP contribution in [-0.2, 0) is 19.0 Å². The van der Waals surface area contributed by atoms with Crippen molar-refractivity contribution in [3.63, 3.8) is 0 Å². The fraction of sp³-hybridized carbons (Fsp3) is 0.923. The van der Waals surface area contributed by atoms with Crippen molar-refractivity contribution in [3.8, 4) is 0 Å². The number of hydrogen-bond donors (Lipinski definition) is 1. The molecule has 102 valence electrons. The molecule has 7 atom stereocenters. The summed E-state index contributed by atoms with van der Waals surface area (Å²) in [4.78, 5) is 10.2. The molecule has 18 heavy (non-hydrogen) atoms. The van der Waals surface area contributed by atoms with Gasteiger partial charge in [0, 0.05) is 5.92 Å². The van der Waals surface area contributed by atoms with Crippen LogP contribution in [0.4, 0.5) is 0 Å². The lowest BCUT2D eigenvalue weighted by molar-refractivity contribution is -0.130. The van der Waals surface area contributed by atoms with Crippen LogP contribution in [0.5, 0.6) is 0 Å². The molecule has 0 bridgehead atoms. The van der Waals surface area contributed by atoms with Crippen LogP contribution < -0.4 is 0 Å². The first-order valence-corrected chi connectivity index (χ1v) is 6.82. The summed E-state index contributed by atoms with van der Waals surface area (Å²) in [5.41, 5.74) is 0. The van der Waals surface area contributed by atoms with Crippen molar-refractivity contribution in [3.05, 3.63) is 0 Å². The molecule has 2 heterocycles. The Morgan fingerprint density at radius 1 is 1.44 bits per heavy atom. The molecule has 0 amide bonds. The van der Waals surface area contributed by atoms with Gasteiger partial charge < -0.3 is 19.3 Å². The molecule has 3 aliphatic rings. The summed E-state index contributed by atoms with van der Waals surface area (Å²) in [6, 6.07) is 0. The lowest BCUT2D eigenvalue weighted by Crippen LogP contribution is -2.19. The lowest BCUT2D eigenvalue weighted by Gasteiger charge is -2.03. The molecule has 1 N–H and O–H groups in total. The molecule has 1 saturated carbocycles. The minimum Gasteiger partial charge on any atom is -0.464 e. The van der Waals surface area contributed by atoms with E-state index in [-0.39, 0.29) is 36.6 Å². The normalized spacial score (nSPS) is 46.3. The monoisotopic (exact) mass is 256 g/mol. The van der Waals surface area contributed by atoms with Crippen LogP contribution in [0.25, 0.3) is 0 Å². The van der Waals surface area contributed by atoms with Gasteiger partial charge in [-0.15, -0.1) is 0 Å². The quantitative estimate of drug-likeness (QED) is 0.509. The van der Waals surface area contributed by atoms with Crippen LogP contribution in [0.2, 0.25) is 0 Å². The number of carbonyl (C=O) groups excluding carboxylic acids is 1. The molecule has 0 aromatic carbocycles. The van der Waals surface area contributed by atoms with E-state index < -0.39 is 0 Å². The molecule has 1 aliphatic carbocycles. The largest absolute Gasteiger partial charge is 0.464 e. The number of carbonyl (C=O) groups is 1. The Hall–Kier alpha value is -0.650. The summed E-state index contributed by atoms with van der Waals surface area (Å²) in [5.74, 6) is 0.461. The maximum Gasteiger partial charge on any atom is 0.293 e. The predicted molar refractivity (Wildman–Crippen MR) is 61.9 cm³/mol.